The fourth-order valence-corrected chi connectivity index (χ4v) is 1.36. The Morgan fingerprint density at radius 2 is 1.64 bits per heavy atom. The molecule has 0 aliphatic heterocycles. The van der Waals surface area contributed by atoms with Gasteiger partial charge in [0.05, 0.1) is 4.90 Å². The first kappa shape index (κ1) is 14.1. The van der Waals surface area contributed by atoms with Crippen LogP contribution in [0.3, 0.4) is 0 Å². The molecule has 0 heterocycles. The minimum atomic E-state index is -4.20. The predicted octanol–water partition coefficient (Wildman–Crippen LogP) is 0.931. The molecule has 0 aliphatic carbocycles. The van der Waals surface area contributed by atoms with E-state index in [0.29, 0.717) is 0 Å². The first-order chi connectivity index (χ1) is 5.91. The maximum Gasteiger partial charge on any atom is 0.294 e. The molecule has 0 spiro atoms. The van der Waals surface area contributed by atoms with Crippen LogP contribution in [-0.2, 0) is 10.1 Å². The smallest absolute Gasteiger partial charge is 0.282 e. The predicted molar refractivity (Wildman–Crippen MR) is 52.2 cm³/mol. The average molecular weight is 244 g/mol. The summed E-state index contributed by atoms with van der Waals surface area (Å²) in [5.74, 6) is 0. The van der Waals surface area contributed by atoms with E-state index in [0.717, 1.165) is 12.1 Å². The van der Waals surface area contributed by atoms with Gasteiger partial charge in [-0.25, -0.2) is 0 Å². The second-order valence-corrected chi connectivity index (χ2v) is 4.04. The summed E-state index contributed by atoms with van der Waals surface area (Å²) in [6, 6.07) is 4.65. The first-order valence-electron chi connectivity index (χ1n) is 3.18. The van der Waals surface area contributed by atoms with Crippen LogP contribution in [0.25, 0.3) is 0 Å². The molecular weight excluding hydrogens is 239 g/mol. The third-order valence-electron chi connectivity index (χ3n) is 1.38. The molecule has 1 aromatic rings. The Hall–Kier alpha value is 0.0900. The minimum Gasteiger partial charge on any atom is -0.282 e. The maximum absolute atomic E-state index is 10.6. The fraction of sp³-hybridized carbons (Fsp3) is 0. The molecule has 0 bridgehead atoms. The van der Waals surface area contributed by atoms with Gasteiger partial charge in [0.2, 0.25) is 0 Å². The van der Waals surface area contributed by atoms with Crippen molar-refractivity contribution in [3.05, 3.63) is 29.8 Å². The van der Waals surface area contributed by atoms with Gasteiger partial charge < -0.3 is 0 Å². The van der Waals surface area contributed by atoms with E-state index in [-0.39, 0.29) is 40.0 Å². The molecule has 14 heavy (non-hydrogen) atoms. The van der Waals surface area contributed by atoms with Gasteiger partial charge in [-0.15, -0.1) is 0 Å². The van der Waals surface area contributed by atoms with Crippen molar-refractivity contribution >= 4 is 56.5 Å². The summed E-state index contributed by atoms with van der Waals surface area (Å²) >= 11 is 5.12. The van der Waals surface area contributed by atoms with E-state index in [1.54, 1.807) is 0 Å². The molecule has 1 N–H and O–H groups in total. The van der Waals surface area contributed by atoms with E-state index in [1.807, 2.05) is 0 Å². The van der Waals surface area contributed by atoms with Crippen LogP contribution in [0.5, 0.6) is 0 Å². The fourth-order valence-electron chi connectivity index (χ4n) is 0.758. The van der Waals surface area contributed by atoms with E-state index < -0.39 is 15.4 Å². The summed E-state index contributed by atoms with van der Waals surface area (Å²) in [7, 11) is -4.20. The van der Waals surface area contributed by atoms with E-state index in [2.05, 4.69) is 0 Å². The Balaban J connectivity index is 0.00000169. The van der Waals surface area contributed by atoms with Crippen LogP contribution in [0, 0.1) is 0 Å². The molecule has 0 saturated carbocycles. The molecule has 0 unspecified atom stereocenters. The van der Waals surface area contributed by atoms with E-state index in [1.165, 1.54) is 12.1 Å². The first-order valence-corrected chi connectivity index (χ1v) is 5.00. The number of carbonyl (C=O) groups excluding carboxylic acids is 1. The van der Waals surface area contributed by atoms with Crippen molar-refractivity contribution in [1.29, 1.82) is 0 Å². The van der Waals surface area contributed by atoms with Crippen molar-refractivity contribution in [1.82, 2.24) is 0 Å². The Morgan fingerprint density at radius 3 is 1.93 bits per heavy atom. The van der Waals surface area contributed by atoms with Gasteiger partial charge in [0.15, 0.2) is 0 Å². The second kappa shape index (κ2) is 5.25. The number of rotatable bonds is 2. The number of benzene rings is 1. The van der Waals surface area contributed by atoms with Crippen LogP contribution in [0.1, 0.15) is 10.4 Å². The van der Waals surface area contributed by atoms with E-state index in [4.69, 9.17) is 16.2 Å². The summed E-state index contributed by atoms with van der Waals surface area (Å²) in [6.45, 7) is 0. The molecule has 1 aromatic carbocycles. The van der Waals surface area contributed by atoms with Crippen LogP contribution in [0.4, 0.5) is 0 Å². The van der Waals surface area contributed by atoms with Gasteiger partial charge in [0.25, 0.3) is 15.4 Å². The summed E-state index contributed by atoms with van der Waals surface area (Å²) in [6.07, 6.45) is 0. The van der Waals surface area contributed by atoms with Gasteiger partial charge in [-0.1, -0.05) is 0 Å². The minimum absolute atomic E-state index is 0. The molecule has 0 amide bonds. The quantitative estimate of drug-likeness (QED) is 0.477. The number of hydrogen-bond acceptors (Lipinski definition) is 3. The summed E-state index contributed by atoms with van der Waals surface area (Å²) in [5.41, 5.74) is 0.175. The van der Waals surface area contributed by atoms with Gasteiger partial charge in [-0.2, -0.15) is 8.42 Å². The Labute approximate surface area is 108 Å². The molecule has 71 valence electrons. The van der Waals surface area contributed by atoms with Crippen LogP contribution in [-0.4, -0.2) is 47.8 Å². The maximum atomic E-state index is 10.6. The summed E-state index contributed by atoms with van der Waals surface area (Å²) in [4.78, 5) is 10.3. The monoisotopic (exact) mass is 243 g/mol. The third kappa shape index (κ3) is 3.68. The second-order valence-electron chi connectivity index (χ2n) is 2.27. The number of hydrogen-bond donors (Lipinski definition) is 1. The normalized spacial score (nSPS) is 10.4. The van der Waals surface area contributed by atoms with Crippen molar-refractivity contribution in [3.8, 4) is 0 Å². The molecule has 4 nitrogen and oxygen atoms in total. The van der Waals surface area contributed by atoms with Gasteiger partial charge in [0, 0.05) is 35.1 Å². The van der Waals surface area contributed by atoms with Gasteiger partial charge in [0.1, 0.15) is 0 Å². The molecule has 0 aromatic heterocycles. The van der Waals surface area contributed by atoms with Crippen LogP contribution >= 0.6 is 11.6 Å². The summed E-state index contributed by atoms with van der Waals surface area (Å²) in [5, 5.41) is -0.679. The standard InChI is InChI=1S/C7H5ClO4S.Na/c8-7(9)5-1-3-6(4-2-5)13(10,11)12;/h1-4H,(H,10,11,12);. The Kier molecular flexibility index (Phi) is 5.28. The van der Waals surface area contributed by atoms with Crippen molar-refractivity contribution < 1.29 is 17.8 Å². The molecular formula is C7H5ClNaO4S. The molecule has 0 fully saturated rings. The molecule has 0 atom stereocenters. The SMILES string of the molecule is O=C(Cl)c1ccc(S(=O)(=O)O)cc1.[Na]. The van der Waals surface area contributed by atoms with Crippen molar-refractivity contribution in [3.63, 3.8) is 0 Å². The Bertz CT molecular complexity index is 426. The number of halogens is 1. The zero-order valence-electron chi connectivity index (χ0n) is 7.27. The van der Waals surface area contributed by atoms with E-state index >= 15 is 0 Å². The largest absolute Gasteiger partial charge is 0.294 e. The van der Waals surface area contributed by atoms with Gasteiger partial charge >= 0.3 is 0 Å². The topological polar surface area (TPSA) is 71.4 Å². The molecule has 7 heteroatoms. The number of carbonyl (C=O) groups is 1. The molecule has 0 aliphatic rings. The third-order valence-corrected chi connectivity index (χ3v) is 2.47. The van der Waals surface area contributed by atoms with Crippen molar-refractivity contribution in [2.75, 3.05) is 0 Å². The average Bonchev–Trinajstić information content (AvgIpc) is 2.03. The summed E-state index contributed by atoms with van der Waals surface area (Å²) < 4.78 is 29.7. The van der Waals surface area contributed by atoms with Crippen LogP contribution < -0.4 is 0 Å². The van der Waals surface area contributed by atoms with Crippen molar-refractivity contribution in [2.45, 2.75) is 4.90 Å². The van der Waals surface area contributed by atoms with Crippen LogP contribution in [0.2, 0.25) is 0 Å². The van der Waals surface area contributed by atoms with E-state index in [9.17, 15) is 13.2 Å². The van der Waals surface area contributed by atoms with Crippen molar-refractivity contribution in [2.24, 2.45) is 0 Å². The zero-order chi connectivity index (χ0) is 10.1. The van der Waals surface area contributed by atoms with Gasteiger partial charge in [-0.05, 0) is 35.9 Å². The molecule has 1 radical (unpaired) electrons. The zero-order valence-corrected chi connectivity index (χ0v) is 10.8. The van der Waals surface area contributed by atoms with Crippen LogP contribution in [0.15, 0.2) is 29.2 Å². The van der Waals surface area contributed by atoms with Gasteiger partial charge in [-0.3, -0.25) is 9.35 Å². The molecule has 1 rings (SSSR count). The Morgan fingerprint density at radius 1 is 1.21 bits per heavy atom. The molecule has 0 saturated heterocycles.